The van der Waals surface area contributed by atoms with Crippen molar-refractivity contribution < 1.29 is 4.74 Å². The van der Waals surface area contributed by atoms with Crippen LogP contribution in [0.25, 0.3) is 0 Å². The highest BCUT2D eigenvalue weighted by Gasteiger charge is 2.20. The Morgan fingerprint density at radius 2 is 1.81 bits per heavy atom. The predicted molar refractivity (Wildman–Crippen MR) is 89.6 cm³/mol. The molecule has 0 aliphatic heterocycles. The van der Waals surface area contributed by atoms with Gasteiger partial charge in [0.1, 0.15) is 0 Å². The lowest BCUT2D eigenvalue weighted by atomic mass is 9.89. The van der Waals surface area contributed by atoms with Crippen LogP contribution in [0.5, 0.6) is 0 Å². The second-order valence-corrected chi connectivity index (χ2v) is 6.63. The highest BCUT2D eigenvalue weighted by Crippen LogP contribution is 2.26. The van der Waals surface area contributed by atoms with E-state index in [-0.39, 0.29) is 0 Å². The molecule has 1 aliphatic carbocycles. The molecule has 1 atom stereocenters. The number of hydrogen-bond donors (Lipinski definition) is 1. The van der Waals surface area contributed by atoms with Gasteiger partial charge in [-0.05, 0) is 57.1 Å². The van der Waals surface area contributed by atoms with E-state index in [0.717, 1.165) is 25.5 Å². The minimum Gasteiger partial charge on any atom is -0.376 e. The summed E-state index contributed by atoms with van der Waals surface area (Å²) in [5, 5.41) is 3.63. The van der Waals surface area contributed by atoms with Crippen molar-refractivity contribution >= 4 is 0 Å². The molecular formula is C19H31NO. The lowest BCUT2D eigenvalue weighted by molar-refractivity contribution is 0.00791. The Morgan fingerprint density at radius 1 is 1.14 bits per heavy atom. The van der Waals surface area contributed by atoms with E-state index >= 15 is 0 Å². The van der Waals surface area contributed by atoms with E-state index in [1.807, 2.05) is 0 Å². The number of rotatable bonds is 7. The average Bonchev–Trinajstić information content (AvgIpc) is 2.50. The maximum Gasteiger partial charge on any atom is 0.0665 e. The summed E-state index contributed by atoms with van der Waals surface area (Å²) in [7, 11) is 0. The van der Waals surface area contributed by atoms with E-state index in [1.165, 1.54) is 36.8 Å². The lowest BCUT2D eigenvalue weighted by Gasteiger charge is -2.28. The van der Waals surface area contributed by atoms with Gasteiger partial charge in [0.25, 0.3) is 0 Å². The largest absolute Gasteiger partial charge is 0.376 e. The van der Waals surface area contributed by atoms with Crippen LogP contribution in [0.2, 0.25) is 0 Å². The summed E-state index contributed by atoms with van der Waals surface area (Å²) in [4.78, 5) is 0. The van der Waals surface area contributed by atoms with Crippen molar-refractivity contribution in [3.05, 3.63) is 35.4 Å². The minimum absolute atomic E-state index is 0.324. The molecule has 1 aliphatic rings. The van der Waals surface area contributed by atoms with Gasteiger partial charge >= 0.3 is 0 Å². The van der Waals surface area contributed by atoms with E-state index < -0.39 is 0 Å². The molecule has 2 rings (SSSR count). The standard InChI is InChI=1S/C19H31NO/c1-4-13-20-19(17-9-5-15(2)6-10-17)14-21-18-11-7-16(3)8-12-18/h5-6,9-10,16,18-20H,4,7-8,11-14H2,1-3H3. The molecule has 0 saturated heterocycles. The van der Waals surface area contributed by atoms with Crippen LogP contribution in [-0.4, -0.2) is 19.3 Å². The van der Waals surface area contributed by atoms with Crippen LogP contribution in [0.3, 0.4) is 0 Å². The van der Waals surface area contributed by atoms with Gasteiger partial charge in [-0.15, -0.1) is 0 Å². The fourth-order valence-electron chi connectivity index (χ4n) is 3.02. The summed E-state index contributed by atoms with van der Waals surface area (Å²) in [5.74, 6) is 0.885. The number of nitrogens with one attached hydrogen (secondary N) is 1. The normalized spacial score (nSPS) is 24.0. The van der Waals surface area contributed by atoms with Gasteiger partial charge in [0.05, 0.1) is 18.8 Å². The Hall–Kier alpha value is -0.860. The second kappa shape index (κ2) is 8.55. The van der Waals surface area contributed by atoms with Crippen molar-refractivity contribution in [2.45, 2.75) is 65.0 Å². The van der Waals surface area contributed by atoms with Gasteiger partial charge in [0, 0.05) is 0 Å². The molecule has 1 fully saturated rings. The molecule has 0 aromatic heterocycles. The van der Waals surface area contributed by atoms with Gasteiger partial charge in [-0.3, -0.25) is 0 Å². The SMILES string of the molecule is CCCNC(COC1CCC(C)CC1)c1ccc(C)cc1. The molecule has 1 saturated carbocycles. The van der Waals surface area contributed by atoms with Crippen LogP contribution in [-0.2, 0) is 4.74 Å². The number of hydrogen-bond acceptors (Lipinski definition) is 2. The maximum atomic E-state index is 6.21. The molecule has 1 aromatic rings. The van der Waals surface area contributed by atoms with Crippen molar-refractivity contribution in [2.24, 2.45) is 5.92 Å². The lowest BCUT2D eigenvalue weighted by Crippen LogP contribution is -2.30. The second-order valence-electron chi connectivity index (χ2n) is 6.63. The summed E-state index contributed by atoms with van der Waals surface area (Å²) in [6.07, 6.45) is 6.73. The Kier molecular flexibility index (Phi) is 6.72. The van der Waals surface area contributed by atoms with E-state index in [9.17, 15) is 0 Å². The van der Waals surface area contributed by atoms with Crippen LogP contribution < -0.4 is 5.32 Å². The topological polar surface area (TPSA) is 21.3 Å². The molecule has 1 aromatic carbocycles. The predicted octanol–water partition coefficient (Wildman–Crippen LogP) is 4.63. The third kappa shape index (κ3) is 5.44. The van der Waals surface area contributed by atoms with Gasteiger partial charge in [0.2, 0.25) is 0 Å². The number of ether oxygens (including phenoxy) is 1. The summed E-state index contributed by atoms with van der Waals surface area (Å²) in [6, 6.07) is 9.17. The summed E-state index contributed by atoms with van der Waals surface area (Å²) >= 11 is 0. The van der Waals surface area contributed by atoms with Gasteiger partial charge in [-0.2, -0.15) is 0 Å². The molecule has 0 spiro atoms. The Balaban J connectivity index is 1.88. The summed E-state index contributed by atoms with van der Waals surface area (Å²) in [6.45, 7) is 8.54. The highest BCUT2D eigenvalue weighted by atomic mass is 16.5. The molecule has 1 unspecified atom stereocenters. The van der Waals surface area contributed by atoms with E-state index in [1.54, 1.807) is 0 Å². The van der Waals surface area contributed by atoms with Gasteiger partial charge < -0.3 is 10.1 Å². The maximum absolute atomic E-state index is 6.21. The zero-order chi connectivity index (χ0) is 15.1. The molecule has 2 heteroatoms. The van der Waals surface area contributed by atoms with Crippen LogP contribution >= 0.6 is 0 Å². The summed E-state index contributed by atoms with van der Waals surface area (Å²) in [5.41, 5.74) is 2.66. The zero-order valence-electron chi connectivity index (χ0n) is 13.9. The fraction of sp³-hybridized carbons (Fsp3) is 0.684. The first-order valence-corrected chi connectivity index (χ1v) is 8.60. The van der Waals surface area contributed by atoms with Crippen LogP contribution in [0, 0.1) is 12.8 Å². The molecule has 0 heterocycles. The molecular weight excluding hydrogens is 258 g/mol. The molecule has 0 amide bonds. The van der Waals surface area contributed by atoms with Crippen molar-refractivity contribution in [3.8, 4) is 0 Å². The monoisotopic (exact) mass is 289 g/mol. The number of benzene rings is 1. The van der Waals surface area contributed by atoms with E-state index in [2.05, 4.69) is 50.4 Å². The first-order chi connectivity index (χ1) is 10.2. The first kappa shape index (κ1) is 16.5. The first-order valence-electron chi connectivity index (χ1n) is 8.60. The van der Waals surface area contributed by atoms with E-state index in [4.69, 9.17) is 4.74 Å². The zero-order valence-corrected chi connectivity index (χ0v) is 13.9. The number of aryl methyl sites for hydroxylation is 1. The minimum atomic E-state index is 0.324. The molecule has 1 N–H and O–H groups in total. The quantitative estimate of drug-likeness (QED) is 0.790. The van der Waals surface area contributed by atoms with Gasteiger partial charge in [0.15, 0.2) is 0 Å². The van der Waals surface area contributed by atoms with Gasteiger partial charge in [-0.25, -0.2) is 0 Å². The van der Waals surface area contributed by atoms with E-state index in [0.29, 0.717) is 12.1 Å². The highest BCUT2D eigenvalue weighted by molar-refractivity contribution is 5.24. The Labute approximate surface area is 130 Å². The van der Waals surface area contributed by atoms with Crippen LogP contribution in [0.15, 0.2) is 24.3 Å². The van der Waals surface area contributed by atoms with Crippen molar-refractivity contribution in [1.82, 2.24) is 5.32 Å². The molecule has 0 bridgehead atoms. The smallest absolute Gasteiger partial charge is 0.0665 e. The molecule has 0 radical (unpaired) electrons. The fourth-order valence-corrected chi connectivity index (χ4v) is 3.02. The van der Waals surface area contributed by atoms with Crippen LogP contribution in [0.1, 0.15) is 63.1 Å². The van der Waals surface area contributed by atoms with Crippen molar-refractivity contribution in [1.29, 1.82) is 0 Å². The van der Waals surface area contributed by atoms with Gasteiger partial charge in [-0.1, -0.05) is 43.7 Å². The van der Waals surface area contributed by atoms with Crippen molar-refractivity contribution in [3.63, 3.8) is 0 Å². The third-order valence-electron chi connectivity index (χ3n) is 4.58. The molecule has 21 heavy (non-hydrogen) atoms. The Morgan fingerprint density at radius 3 is 2.43 bits per heavy atom. The Bertz CT molecular complexity index is 393. The molecule has 2 nitrogen and oxygen atoms in total. The van der Waals surface area contributed by atoms with Crippen LogP contribution in [0.4, 0.5) is 0 Å². The average molecular weight is 289 g/mol. The third-order valence-corrected chi connectivity index (χ3v) is 4.58. The van der Waals surface area contributed by atoms with Crippen molar-refractivity contribution in [2.75, 3.05) is 13.2 Å². The molecule has 118 valence electrons. The summed E-state index contributed by atoms with van der Waals surface area (Å²) < 4.78 is 6.21.